The summed E-state index contributed by atoms with van der Waals surface area (Å²) in [7, 11) is 1.58. The quantitative estimate of drug-likeness (QED) is 0.723. The van der Waals surface area contributed by atoms with E-state index in [0.717, 1.165) is 25.0 Å². The van der Waals surface area contributed by atoms with Gasteiger partial charge in [0, 0.05) is 53.3 Å². The highest BCUT2D eigenvalue weighted by Crippen LogP contribution is 2.23. The lowest BCUT2D eigenvalue weighted by Crippen LogP contribution is -2.50. The van der Waals surface area contributed by atoms with E-state index in [2.05, 4.69) is 10.3 Å². The van der Waals surface area contributed by atoms with Gasteiger partial charge < -0.3 is 24.4 Å². The molecule has 2 aliphatic heterocycles. The molecular formula is C18H27N5O4. The van der Waals surface area contributed by atoms with Gasteiger partial charge in [0.1, 0.15) is 5.69 Å². The van der Waals surface area contributed by atoms with E-state index in [1.54, 1.807) is 16.9 Å². The largest absolute Gasteiger partial charge is 0.383 e. The Balaban J connectivity index is 1.78. The molecule has 9 heteroatoms. The predicted octanol–water partition coefficient (Wildman–Crippen LogP) is -0.100. The third-order valence-corrected chi connectivity index (χ3v) is 5.13. The van der Waals surface area contributed by atoms with E-state index < -0.39 is 0 Å². The highest BCUT2D eigenvalue weighted by molar-refractivity contribution is 5.97. The number of imidazole rings is 1. The number of carbonyl (C=O) groups is 3. The van der Waals surface area contributed by atoms with E-state index in [9.17, 15) is 14.4 Å². The van der Waals surface area contributed by atoms with Crippen LogP contribution in [0.5, 0.6) is 0 Å². The fourth-order valence-corrected chi connectivity index (χ4v) is 3.61. The normalized spacial score (nSPS) is 16.8. The number of methoxy groups -OCH3 is 1. The second-order valence-corrected chi connectivity index (χ2v) is 6.89. The van der Waals surface area contributed by atoms with E-state index in [0.29, 0.717) is 57.4 Å². The smallest absolute Gasteiger partial charge is 0.287 e. The van der Waals surface area contributed by atoms with Crippen LogP contribution in [-0.2, 0) is 22.5 Å². The van der Waals surface area contributed by atoms with Crippen molar-refractivity contribution in [3.8, 4) is 0 Å². The van der Waals surface area contributed by atoms with Crippen LogP contribution in [0.15, 0.2) is 0 Å². The molecule has 148 valence electrons. The number of nitrogens with one attached hydrogen (secondary N) is 1. The number of fused-ring (bicyclic) bond motifs is 1. The summed E-state index contributed by atoms with van der Waals surface area (Å²) >= 11 is 0. The molecule has 0 unspecified atom stereocenters. The van der Waals surface area contributed by atoms with Gasteiger partial charge in [0.25, 0.3) is 11.8 Å². The van der Waals surface area contributed by atoms with Gasteiger partial charge in [0.2, 0.25) is 5.91 Å². The number of hydrogen-bond acceptors (Lipinski definition) is 5. The Bertz CT molecular complexity index is 722. The van der Waals surface area contributed by atoms with Crippen molar-refractivity contribution < 1.29 is 19.1 Å². The molecular weight excluding hydrogens is 350 g/mol. The first-order chi connectivity index (χ1) is 13.0. The van der Waals surface area contributed by atoms with Crippen LogP contribution >= 0.6 is 0 Å². The molecule has 1 aromatic rings. The Morgan fingerprint density at radius 1 is 1.07 bits per heavy atom. The third kappa shape index (κ3) is 4.13. The van der Waals surface area contributed by atoms with Crippen molar-refractivity contribution >= 4 is 17.7 Å². The molecule has 3 rings (SSSR count). The summed E-state index contributed by atoms with van der Waals surface area (Å²) in [6.45, 7) is 5.08. The summed E-state index contributed by atoms with van der Waals surface area (Å²) in [6, 6.07) is 0. The van der Waals surface area contributed by atoms with Crippen LogP contribution in [0.3, 0.4) is 0 Å². The van der Waals surface area contributed by atoms with Gasteiger partial charge in [-0.05, 0) is 19.3 Å². The van der Waals surface area contributed by atoms with Crippen molar-refractivity contribution in [3.63, 3.8) is 0 Å². The number of nitrogens with zero attached hydrogens (tertiary/aromatic N) is 4. The van der Waals surface area contributed by atoms with Gasteiger partial charge in [-0.15, -0.1) is 0 Å². The number of amides is 3. The molecule has 0 radical (unpaired) electrons. The van der Waals surface area contributed by atoms with Gasteiger partial charge in [0.15, 0.2) is 5.82 Å². The Morgan fingerprint density at radius 2 is 1.78 bits per heavy atom. The molecule has 0 saturated carbocycles. The molecule has 3 heterocycles. The van der Waals surface area contributed by atoms with Gasteiger partial charge in [-0.25, -0.2) is 4.98 Å². The molecule has 27 heavy (non-hydrogen) atoms. The van der Waals surface area contributed by atoms with Crippen LogP contribution in [-0.4, -0.2) is 83.5 Å². The van der Waals surface area contributed by atoms with Gasteiger partial charge in [0.05, 0.1) is 12.3 Å². The van der Waals surface area contributed by atoms with Gasteiger partial charge >= 0.3 is 0 Å². The Kier molecular flexibility index (Phi) is 6.10. The summed E-state index contributed by atoms with van der Waals surface area (Å²) < 4.78 is 6.84. The maximum atomic E-state index is 13.0. The van der Waals surface area contributed by atoms with E-state index in [1.807, 2.05) is 4.57 Å². The maximum Gasteiger partial charge on any atom is 0.287 e. The first-order valence-corrected chi connectivity index (χ1v) is 9.44. The molecule has 0 aliphatic carbocycles. The molecule has 1 saturated heterocycles. The highest BCUT2D eigenvalue weighted by atomic mass is 16.5. The summed E-state index contributed by atoms with van der Waals surface area (Å²) in [6.07, 6.45) is 2.69. The summed E-state index contributed by atoms with van der Waals surface area (Å²) in [5, 5.41) is 2.78. The van der Waals surface area contributed by atoms with Crippen molar-refractivity contribution in [1.82, 2.24) is 24.7 Å². The van der Waals surface area contributed by atoms with Crippen LogP contribution in [0, 0.1) is 0 Å². The van der Waals surface area contributed by atoms with Crippen molar-refractivity contribution in [2.45, 2.75) is 32.7 Å². The van der Waals surface area contributed by atoms with E-state index >= 15 is 0 Å². The Morgan fingerprint density at radius 3 is 2.44 bits per heavy atom. The first-order valence-electron chi connectivity index (χ1n) is 9.44. The van der Waals surface area contributed by atoms with Crippen molar-refractivity contribution in [2.75, 3.05) is 46.4 Å². The fraction of sp³-hybridized carbons (Fsp3) is 0.667. The minimum atomic E-state index is -0.282. The van der Waals surface area contributed by atoms with Gasteiger partial charge in [-0.3, -0.25) is 14.4 Å². The summed E-state index contributed by atoms with van der Waals surface area (Å²) in [5.74, 6) is -0.113. The summed E-state index contributed by atoms with van der Waals surface area (Å²) in [5.41, 5.74) is 1.22. The number of rotatable bonds is 5. The Hall–Kier alpha value is -2.42. The molecule has 0 bridgehead atoms. The molecule has 0 aromatic carbocycles. The van der Waals surface area contributed by atoms with Crippen LogP contribution in [0.25, 0.3) is 0 Å². The molecule has 1 aromatic heterocycles. The topological polar surface area (TPSA) is 96.8 Å². The third-order valence-electron chi connectivity index (χ3n) is 5.13. The lowest BCUT2D eigenvalue weighted by atomic mass is 10.1. The molecule has 1 fully saturated rings. The molecule has 2 aliphatic rings. The van der Waals surface area contributed by atoms with Crippen molar-refractivity contribution in [3.05, 3.63) is 17.2 Å². The highest BCUT2D eigenvalue weighted by Gasteiger charge is 2.31. The number of carbonyl (C=O) groups excluding carboxylic acids is 3. The standard InChI is InChI=1S/C18H27N5O4/c1-13(24)21-8-10-22(11-9-21)18(26)15-14-5-3-4-7-23(14)16(20-15)17(25)19-6-12-27-2/h3-12H2,1-2H3,(H,19,25). The molecule has 3 amide bonds. The summed E-state index contributed by atoms with van der Waals surface area (Å²) in [4.78, 5) is 44.9. The van der Waals surface area contributed by atoms with Crippen LogP contribution in [0.4, 0.5) is 0 Å². The second-order valence-electron chi connectivity index (χ2n) is 6.89. The minimum absolute atomic E-state index is 0.0245. The first kappa shape index (κ1) is 19.3. The van der Waals surface area contributed by atoms with Gasteiger partial charge in [-0.1, -0.05) is 0 Å². The number of hydrogen-bond donors (Lipinski definition) is 1. The number of ether oxygens (including phenoxy) is 1. The van der Waals surface area contributed by atoms with Crippen LogP contribution < -0.4 is 5.32 Å². The molecule has 0 spiro atoms. The SMILES string of the molecule is COCCNC(=O)c1nc(C(=O)N2CCN(C(C)=O)CC2)c2n1CCCC2. The van der Waals surface area contributed by atoms with Gasteiger partial charge in [-0.2, -0.15) is 0 Å². The number of aromatic nitrogens is 2. The van der Waals surface area contributed by atoms with Crippen molar-refractivity contribution in [2.24, 2.45) is 0 Å². The zero-order valence-corrected chi connectivity index (χ0v) is 16.0. The average Bonchev–Trinajstić information content (AvgIpc) is 3.07. The average molecular weight is 377 g/mol. The second kappa shape index (κ2) is 8.51. The van der Waals surface area contributed by atoms with E-state index in [-0.39, 0.29) is 17.7 Å². The van der Waals surface area contributed by atoms with E-state index in [4.69, 9.17) is 4.74 Å². The predicted molar refractivity (Wildman–Crippen MR) is 97.5 cm³/mol. The zero-order chi connectivity index (χ0) is 19.4. The van der Waals surface area contributed by atoms with Crippen LogP contribution in [0.2, 0.25) is 0 Å². The molecule has 1 N–H and O–H groups in total. The van der Waals surface area contributed by atoms with Crippen LogP contribution in [0.1, 0.15) is 46.6 Å². The van der Waals surface area contributed by atoms with Crippen molar-refractivity contribution in [1.29, 1.82) is 0 Å². The molecule has 9 nitrogen and oxygen atoms in total. The number of piperazine rings is 1. The minimum Gasteiger partial charge on any atom is -0.383 e. The monoisotopic (exact) mass is 377 g/mol. The van der Waals surface area contributed by atoms with E-state index in [1.165, 1.54) is 6.92 Å². The fourth-order valence-electron chi connectivity index (χ4n) is 3.61. The Labute approximate surface area is 158 Å². The maximum absolute atomic E-state index is 13.0. The lowest BCUT2D eigenvalue weighted by Gasteiger charge is -2.34. The lowest BCUT2D eigenvalue weighted by molar-refractivity contribution is -0.130. The zero-order valence-electron chi connectivity index (χ0n) is 16.0. The molecule has 0 atom stereocenters.